The molecule has 0 fully saturated rings. The molecule has 0 bridgehead atoms. The van der Waals surface area contributed by atoms with Gasteiger partial charge in [-0.2, -0.15) is 0 Å². The summed E-state index contributed by atoms with van der Waals surface area (Å²) < 4.78 is 0.715. The second-order valence-electron chi connectivity index (χ2n) is 2.82. The van der Waals surface area contributed by atoms with Crippen molar-refractivity contribution >= 4 is 42.9 Å². The number of nitrogens with one attached hydrogen (secondary N) is 1. The number of alkyl halides is 1. The second kappa shape index (κ2) is 3.82. The Bertz CT molecular complexity index is 536. The molecule has 0 aromatic carbocycles. The van der Waals surface area contributed by atoms with Gasteiger partial charge in [-0.3, -0.25) is 4.79 Å². The van der Waals surface area contributed by atoms with Crippen LogP contribution >= 0.6 is 31.9 Å². The zero-order chi connectivity index (χ0) is 10.1. The van der Waals surface area contributed by atoms with Gasteiger partial charge in [0.2, 0.25) is 0 Å². The van der Waals surface area contributed by atoms with E-state index >= 15 is 0 Å². The number of H-pyrrole nitrogens is 1. The molecule has 14 heavy (non-hydrogen) atoms. The van der Waals surface area contributed by atoms with Crippen LogP contribution in [0, 0.1) is 0 Å². The number of aromatic nitrogens is 2. The zero-order valence-corrected chi connectivity index (χ0v) is 10.2. The Morgan fingerprint density at radius 3 is 2.93 bits per heavy atom. The Balaban J connectivity index is 2.84. The van der Waals surface area contributed by atoms with Crippen LogP contribution < -0.4 is 5.43 Å². The van der Waals surface area contributed by atoms with Gasteiger partial charge in [0.25, 0.3) is 0 Å². The van der Waals surface area contributed by atoms with E-state index in [-0.39, 0.29) is 5.43 Å². The number of aromatic amines is 1. The van der Waals surface area contributed by atoms with Crippen molar-refractivity contribution in [1.29, 1.82) is 0 Å². The molecule has 0 atom stereocenters. The third-order valence-electron chi connectivity index (χ3n) is 1.85. The molecule has 0 aliphatic rings. The topological polar surface area (TPSA) is 45.8 Å². The fourth-order valence-corrected chi connectivity index (χ4v) is 1.84. The first kappa shape index (κ1) is 9.86. The van der Waals surface area contributed by atoms with Crippen LogP contribution in [-0.2, 0) is 5.33 Å². The van der Waals surface area contributed by atoms with Crippen LogP contribution in [0.2, 0.25) is 0 Å². The molecular formula is C9H6Br2N2O. The molecule has 0 unspecified atom stereocenters. The third kappa shape index (κ3) is 1.74. The first-order chi connectivity index (χ1) is 6.70. The van der Waals surface area contributed by atoms with Crippen LogP contribution in [0.4, 0.5) is 0 Å². The van der Waals surface area contributed by atoms with Crippen molar-refractivity contribution in [3.63, 3.8) is 0 Å². The summed E-state index contributed by atoms with van der Waals surface area (Å²) in [6, 6.07) is 5.08. The molecule has 3 nitrogen and oxygen atoms in total. The van der Waals surface area contributed by atoms with Gasteiger partial charge in [0.15, 0.2) is 5.43 Å². The number of hydrogen-bond donors (Lipinski definition) is 1. The molecule has 0 spiro atoms. The highest BCUT2D eigenvalue weighted by atomic mass is 79.9. The maximum Gasteiger partial charge on any atom is 0.191 e. The van der Waals surface area contributed by atoms with E-state index in [0.29, 0.717) is 21.0 Å². The third-order valence-corrected chi connectivity index (χ3v) is 2.90. The van der Waals surface area contributed by atoms with E-state index in [2.05, 4.69) is 41.8 Å². The highest BCUT2D eigenvalue weighted by molar-refractivity contribution is 9.10. The minimum atomic E-state index is -0.00630. The summed E-state index contributed by atoms with van der Waals surface area (Å²) in [4.78, 5) is 18.8. The van der Waals surface area contributed by atoms with E-state index in [1.54, 1.807) is 18.2 Å². The Hall–Kier alpha value is -0.680. The maximum atomic E-state index is 11.6. The van der Waals surface area contributed by atoms with Crippen molar-refractivity contribution in [2.75, 3.05) is 0 Å². The van der Waals surface area contributed by atoms with E-state index in [9.17, 15) is 4.79 Å². The van der Waals surface area contributed by atoms with Gasteiger partial charge in [0.1, 0.15) is 10.3 Å². The van der Waals surface area contributed by atoms with Gasteiger partial charge in [-0.05, 0) is 28.1 Å². The smallest absolute Gasteiger partial charge is 0.191 e. The quantitative estimate of drug-likeness (QED) is 0.649. The zero-order valence-electron chi connectivity index (χ0n) is 7.05. The fraction of sp³-hybridized carbons (Fsp3) is 0.111. The van der Waals surface area contributed by atoms with Gasteiger partial charge in [-0.25, -0.2) is 4.98 Å². The average Bonchev–Trinajstić information content (AvgIpc) is 2.16. The number of pyridine rings is 2. The largest absolute Gasteiger partial charge is 0.342 e. The van der Waals surface area contributed by atoms with Crippen molar-refractivity contribution in [3.8, 4) is 0 Å². The van der Waals surface area contributed by atoms with Crippen LogP contribution in [0.1, 0.15) is 5.69 Å². The lowest BCUT2D eigenvalue weighted by atomic mass is 10.2. The summed E-state index contributed by atoms with van der Waals surface area (Å²) in [5, 5.41) is 1.23. The molecule has 0 radical (unpaired) electrons. The molecule has 2 aromatic rings. The number of hydrogen-bond acceptors (Lipinski definition) is 2. The molecule has 0 aliphatic carbocycles. The molecule has 2 rings (SSSR count). The number of nitrogens with zero attached hydrogens (tertiary/aromatic N) is 1. The first-order valence-electron chi connectivity index (χ1n) is 3.95. The second-order valence-corrected chi connectivity index (χ2v) is 4.20. The maximum absolute atomic E-state index is 11.6. The van der Waals surface area contributed by atoms with Crippen LogP contribution in [0.3, 0.4) is 0 Å². The van der Waals surface area contributed by atoms with Gasteiger partial charge in [0.05, 0.1) is 5.39 Å². The molecular weight excluding hydrogens is 312 g/mol. The molecule has 0 aliphatic heterocycles. The monoisotopic (exact) mass is 316 g/mol. The predicted molar refractivity (Wildman–Crippen MR) is 62.7 cm³/mol. The Labute approximate surface area is 96.8 Å². The molecule has 0 saturated carbocycles. The summed E-state index contributed by atoms with van der Waals surface area (Å²) in [5.41, 5.74) is 1.43. The summed E-state index contributed by atoms with van der Waals surface area (Å²) in [6.07, 6.45) is 0. The van der Waals surface area contributed by atoms with Crippen molar-refractivity contribution in [1.82, 2.24) is 9.97 Å². The number of fused-ring (bicyclic) bond motifs is 1. The first-order valence-corrected chi connectivity index (χ1v) is 5.86. The summed E-state index contributed by atoms with van der Waals surface area (Å²) in [5.74, 6) is 0. The van der Waals surface area contributed by atoms with Gasteiger partial charge < -0.3 is 4.98 Å². The van der Waals surface area contributed by atoms with E-state index in [0.717, 1.165) is 5.69 Å². The van der Waals surface area contributed by atoms with Crippen LogP contribution in [-0.4, -0.2) is 9.97 Å². The van der Waals surface area contributed by atoms with Gasteiger partial charge in [-0.1, -0.05) is 15.9 Å². The number of halogens is 2. The lowest BCUT2D eigenvalue weighted by Gasteiger charge is -2.00. The molecule has 0 saturated heterocycles. The number of rotatable bonds is 1. The van der Waals surface area contributed by atoms with Crippen LogP contribution in [0.5, 0.6) is 0 Å². The molecule has 2 aromatic heterocycles. The highest BCUT2D eigenvalue weighted by Gasteiger charge is 2.02. The van der Waals surface area contributed by atoms with E-state index in [4.69, 9.17) is 0 Å². The van der Waals surface area contributed by atoms with Crippen molar-refractivity contribution < 1.29 is 0 Å². The van der Waals surface area contributed by atoms with Crippen LogP contribution in [0.25, 0.3) is 11.0 Å². The molecule has 5 heteroatoms. The van der Waals surface area contributed by atoms with Crippen molar-refractivity contribution in [3.05, 3.63) is 38.7 Å². The van der Waals surface area contributed by atoms with Crippen molar-refractivity contribution in [2.24, 2.45) is 0 Å². The Kier molecular flexibility index (Phi) is 2.69. The molecule has 2 heterocycles. The molecule has 1 N–H and O–H groups in total. The van der Waals surface area contributed by atoms with E-state index in [1.165, 1.54) is 0 Å². The van der Waals surface area contributed by atoms with E-state index < -0.39 is 0 Å². The van der Waals surface area contributed by atoms with Gasteiger partial charge >= 0.3 is 0 Å². The Morgan fingerprint density at radius 1 is 1.43 bits per heavy atom. The lowest BCUT2D eigenvalue weighted by molar-refractivity contribution is 1.17. The van der Waals surface area contributed by atoms with Crippen molar-refractivity contribution in [2.45, 2.75) is 5.33 Å². The standard InChI is InChI=1S/C9H6Br2N2O/c10-4-5-3-7(14)6-1-2-8(11)13-9(6)12-5/h1-3H,4H2,(H,12,13,14). The molecule has 72 valence electrons. The normalized spacial score (nSPS) is 10.7. The van der Waals surface area contributed by atoms with Gasteiger partial charge in [-0.15, -0.1) is 0 Å². The van der Waals surface area contributed by atoms with E-state index in [1.807, 2.05) is 0 Å². The summed E-state index contributed by atoms with van der Waals surface area (Å²) >= 11 is 6.54. The Morgan fingerprint density at radius 2 is 2.21 bits per heavy atom. The predicted octanol–water partition coefficient (Wildman–Crippen LogP) is 2.58. The highest BCUT2D eigenvalue weighted by Crippen LogP contribution is 2.12. The fourth-order valence-electron chi connectivity index (χ4n) is 1.23. The molecule has 0 amide bonds. The summed E-state index contributed by atoms with van der Waals surface area (Å²) in [6.45, 7) is 0. The summed E-state index contributed by atoms with van der Waals surface area (Å²) in [7, 11) is 0. The lowest BCUT2D eigenvalue weighted by Crippen LogP contribution is -2.05. The van der Waals surface area contributed by atoms with Gasteiger partial charge in [0, 0.05) is 17.1 Å². The minimum Gasteiger partial charge on any atom is -0.342 e. The van der Waals surface area contributed by atoms with Crippen LogP contribution in [0.15, 0.2) is 27.6 Å². The SMILES string of the molecule is O=c1cc(CBr)[nH]c2nc(Br)ccc12. The minimum absolute atomic E-state index is 0.00630. The average molecular weight is 318 g/mol.